The largest absolute Gasteiger partial charge is 0.451 e. The van der Waals surface area contributed by atoms with E-state index in [0.717, 1.165) is 18.2 Å². The summed E-state index contributed by atoms with van der Waals surface area (Å²) in [6.45, 7) is 0. The van der Waals surface area contributed by atoms with E-state index in [1.54, 1.807) is 0 Å². The normalized spacial score (nSPS) is 10.8. The van der Waals surface area contributed by atoms with Crippen molar-refractivity contribution >= 4 is 12.6 Å². The van der Waals surface area contributed by atoms with Crippen LogP contribution < -0.4 is 9.47 Å². The van der Waals surface area contributed by atoms with Gasteiger partial charge in [-0.25, -0.2) is 17.6 Å². The molecular weight excluding hydrogens is 456 g/mol. The maximum Gasteiger partial charge on any atom is 0.205 e. The molecule has 0 amide bonds. The maximum absolute atomic E-state index is 14.0. The Morgan fingerprint density at radius 3 is 1.12 bits per heavy atom. The Morgan fingerprint density at radius 2 is 0.844 bits per heavy atom. The van der Waals surface area contributed by atoms with E-state index >= 15 is 0 Å². The first-order chi connectivity index (χ1) is 15.1. The second kappa shape index (κ2) is 8.65. The minimum Gasteiger partial charge on any atom is -0.451 e. The molecule has 0 fully saturated rings. The quantitative estimate of drug-likeness (QED) is 0.256. The fourth-order valence-electron chi connectivity index (χ4n) is 2.48. The molecule has 0 aliphatic heterocycles. The van der Waals surface area contributed by atoms with Crippen molar-refractivity contribution in [1.82, 2.24) is 0 Å². The summed E-state index contributed by atoms with van der Waals surface area (Å²) in [4.78, 5) is 21.2. The lowest BCUT2D eigenvalue weighted by Crippen LogP contribution is -2.06. The minimum absolute atomic E-state index is 0.452. The lowest BCUT2D eigenvalue weighted by atomic mass is 10.2. The van der Waals surface area contributed by atoms with Crippen molar-refractivity contribution < 1.29 is 54.2 Å². The monoisotopic (exact) mass is 462 g/mol. The highest BCUT2D eigenvalue weighted by molar-refractivity contribution is 5.77. The predicted molar refractivity (Wildman–Crippen MR) is 89.9 cm³/mol. The molecule has 0 unspecified atom stereocenters. The third-order valence-electron chi connectivity index (χ3n) is 4.00. The van der Waals surface area contributed by atoms with Gasteiger partial charge in [-0.1, -0.05) is 6.07 Å². The molecule has 3 aromatic carbocycles. The molecule has 32 heavy (non-hydrogen) atoms. The molecule has 0 aromatic heterocycles. The molecule has 0 aliphatic rings. The van der Waals surface area contributed by atoms with Crippen molar-refractivity contribution in [3.8, 4) is 23.0 Å². The Hall–Kier alpha value is -3.96. The van der Waals surface area contributed by atoms with Crippen molar-refractivity contribution in [1.29, 1.82) is 0 Å². The molecule has 0 spiro atoms. The first-order valence-corrected chi connectivity index (χ1v) is 8.20. The molecule has 0 N–H and O–H groups in total. The molecule has 0 bridgehead atoms. The molecule has 0 saturated heterocycles. The highest BCUT2D eigenvalue weighted by atomic mass is 19.2. The number of ether oxygens (including phenoxy) is 2. The van der Waals surface area contributed by atoms with Crippen LogP contribution in [-0.2, 0) is 0 Å². The number of halogens is 8. The number of carbonyl (C=O) groups is 2. The molecule has 0 aliphatic carbocycles. The van der Waals surface area contributed by atoms with E-state index in [4.69, 9.17) is 9.47 Å². The molecule has 4 nitrogen and oxygen atoms in total. The Bertz CT molecular complexity index is 1110. The van der Waals surface area contributed by atoms with Crippen LogP contribution in [0.4, 0.5) is 35.1 Å². The standard InChI is InChI=1S/C20H6F8O4/c21-11-9(5-29)12(22)16(26)19(15(11)25)31-7-2-1-3-8(4-7)32-20-17(27)13(23)10(6-30)14(24)18(20)28/h1-6H. The predicted octanol–water partition coefficient (Wildman–Crippen LogP) is 6.01. The number of rotatable bonds is 6. The molecule has 0 atom stereocenters. The number of aldehydes is 2. The highest BCUT2D eigenvalue weighted by Gasteiger charge is 2.28. The summed E-state index contributed by atoms with van der Waals surface area (Å²) in [5.74, 6) is -20.7. The van der Waals surface area contributed by atoms with E-state index in [2.05, 4.69) is 0 Å². The topological polar surface area (TPSA) is 52.6 Å². The van der Waals surface area contributed by atoms with Gasteiger partial charge >= 0.3 is 0 Å². The highest BCUT2D eigenvalue weighted by Crippen LogP contribution is 2.36. The average Bonchev–Trinajstić information content (AvgIpc) is 2.78. The van der Waals surface area contributed by atoms with Crippen LogP contribution in [0.5, 0.6) is 23.0 Å². The number of benzene rings is 3. The molecule has 0 saturated carbocycles. The van der Waals surface area contributed by atoms with Crippen LogP contribution in [0.3, 0.4) is 0 Å². The smallest absolute Gasteiger partial charge is 0.205 e. The third kappa shape index (κ3) is 3.74. The first-order valence-electron chi connectivity index (χ1n) is 8.20. The van der Waals surface area contributed by atoms with E-state index in [9.17, 15) is 44.7 Å². The zero-order chi connectivity index (χ0) is 23.7. The van der Waals surface area contributed by atoms with Crippen LogP contribution in [0, 0.1) is 46.5 Å². The third-order valence-corrected chi connectivity index (χ3v) is 4.00. The average molecular weight is 462 g/mol. The second-order valence-corrected chi connectivity index (χ2v) is 5.91. The zero-order valence-electron chi connectivity index (χ0n) is 15.1. The summed E-state index contributed by atoms with van der Waals surface area (Å²) in [7, 11) is 0. The molecule has 0 heterocycles. The van der Waals surface area contributed by atoms with Crippen molar-refractivity contribution in [2.24, 2.45) is 0 Å². The Morgan fingerprint density at radius 1 is 0.531 bits per heavy atom. The molecule has 3 rings (SSSR count). The van der Waals surface area contributed by atoms with Gasteiger partial charge in [-0.3, -0.25) is 9.59 Å². The van der Waals surface area contributed by atoms with Gasteiger partial charge in [0.1, 0.15) is 11.5 Å². The van der Waals surface area contributed by atoms with Crippen LogP contribution in [0.25, 0.3) is 0 Å². The summed E-state index contributed by atoms with van der Waals surface area (Å²) in [5, 5.41) is 0. The number of carbonyl (C=O) groups excluding carboxylic acids is 2. The molecule has 166 valence electrons. The summed E-state index contributed by atoms with van der Waals surface area (Å²) in [6.07, 6.45) is -0.904. The second-order valence-electron chi connectivity index (χ2n) is 5.91. The Balaban J connectivity index is 2.00. The van der Waals surface area contributed by atoms with Gasteiger partial charge in [-0.15, -0.1) is 0 Å². The minimum atomic E-state index is -2.05. The Kier molecular flexibility index (Phi) is 6.14. The maximum atomic E-state index is 14.0. The van der Waals surface area contributed by atoms with Crippen molar-refractivity contribution in [3.05, 3.63) is 81.9 Å². The molecular formula is C20H6F8O4. The van der Waals surface area contributed by atoms with Gasteiger partial charge in [0.15, 0.2) is 35.8 Å². The molecule has 12 heteroatoms. The number of hydrogen-bond donors (Lipinski definition) is 0. The van der Waals surface area contributed by atoms with Crippen LogP contribution in [0.2, 0.25) is 0 Å². The van der Waals surface area contributed by atoms with E-state index in [1.165, 1.54) is 0 Å². The number of hydrogen-bond acceptors (Lipinski definition) is 4. The summed E-state index contributed by atoms with van der Waals surface area (Å²) in [5.41, 5.74) is -3.03. The van der Waals surface area contributed by atoms with Gasteiger partial charge in [0, 0.05) is 6.07 Å². The van der Waals surface area contributed by atoms with Crippen LogP contribution in [-0.4, -0.2) is 12.6 Å². The van der Waals surface area contributed by atoms with Crippen molar-refractivity contribution in [2.75, 3.05) is 0 Å². The fourth-order valence-corrected chi connectivity index (χ4v) is 2.48. The van der Waals surface area contributed by atoms with Gasteiger partial charge in [-0.05, 0) is 12.1 Å². The summed E-state index contributed by atoms with van der Waals surface area (Å²) >= 11 is 0. The molecule has 0 radical (unpaired) electrons. The Labute approximate surface area is 172 Å². The van der Waals surface area contributed by atoms with Gasteiger partial charge in [0.05, 0.1) is 11.1 Å². The van der Waals surface area contributed by atoms with Gasteiger partial charge in [0.25, 0.3) is 0 Å². The van der Waals surface area contributed by atoms with E-state index in [-0.39, 0.29) is 0 Å². The first kappa shape index (κ1) is 22.7. The SMILES string of the molecule is O=Cc1c(F)c(F)c(Oc2cccc(Oc3c(F)c(F)c(C=O)c(F)c3F)c2)c(F)c1F. The van der Waals surface area contributed by atoms with Gasteiger partial charge < -0.3 is 9.47 Å². The summed E-state index contributed by atoms with van der Waals surface area (Å²) in [6, 6.07) is 3.66. The van der Waals surface area contributed by atoms with E-state index < -0.39 is 93.2 Å². The molecule has 3 aromatic rings. The fraction of sp³-hybridized carbons (Fsp3) is 0. The van der Waals surface area contributed by atoms with E-state index in [1.807, 2.05) is 0 Å². The lowest BCUT2D eigenvalue weighted by Gasteiger charge is -2.13. The van der Waals surface area contributed by atoms with E-state index in [0.29, 0.717) is 6.07 Å². The van der Waals surface area contributed by atoms with Crippen LogP contribution >= 0.6 is 0 Å². The van der Waals surface area contributed by atoms with Crippen LogP contribution in [0.1, 0.15) is 20.7 Å². The lowest BCUT2D eigenvalue weighted by molar-refractivity contribution is 0.110. The van der Waals surface area contributed by atoms with Gasteiger partial charge in [0.2, 0.25) is 34.8 Å². The summed E-state index contributed by atoms with van der Waals surface area (Å²) < 4.78 is 120. The van der Waals surface area contributed by atoms with Crippen molar-refractivity contribution in [2.45, 2.75) is 0 Å². The zero-order valence-corrected chi connectivity index (χ0v) is 15.1. The van der Waals surface area contributed by atoms with Crippen molar-refractivity contribution in [3.63, 3.8) is 0 Å². The van der Waals surface area contributed by atoms with Crippen LogP contribution in [0.15, 0.2) is 24.3 Å². The van der Waals surface area contributed by atoms with Gasteiger partial charge in [-0.2, -0.15) is 17.6 Å².